The van der Waals surface area contributed by atoms with Crippen molar-refractivity contribution in [3.8, 4) is 0 Å². The summed E-state index contributed by atoms with van der Waals surface area (Å²) in [4.78, 5) is 3.34. The average molecular weight is 225 g/mol. The second kappa shape index (κ2) is 4.12. The summed E-state index contributed by atoms with van der Waals surface area (Å²) in [5.74, 6) is -1.08. The third-order valence-corrected chi connectivity index (χ3v) is 2.31. The Morgan fingerprint density at radius 2 is 2.14 bits per heavy atom. The molecule has 0 spiro atoms. The smallest absolute Gasteiger partial charge is 0.358 e. The highest BCUT2D eigenvalue weighted by Crippen LogP contribution is 2.29. The Labute approximate surface area is 83.5 Å². The van der Waals surface area contributed by atoms with Gasteiger partial charge in [-0.2, -0.15) is 22.5 Å². The van der Waals surface area contributed by atoms with E-state index in [1.807, 2.05) is 13.8 Å². The first-order valence-corrected chi connectivity index (χ1v) is 4.88. The lowest BCUT2D eigenvalue weighted by molar-refractivity contribution is -0.144. The van der Waals surface area contributed by atoms with Crippen LogP contribution in [0.1, 0.15) is 26.1 Å². The van der Waals surface area contributed by atoms with E-state index >= 15 is 0 Å². The van der Waals surface area contributed by atoms with E-state index in [-0.39, 0.29) is 11.2 Å². The first-order valence-electron chi connectivity index (χ1n) is 4.11. The number of halogens is 3. The molecule has 0 fully saturated rings. The molecule has 0 bridgehead atoms. The zero-order chi connectivity index (χ0) is 10.8. The summed E-state index contributed by atoms with van der Waals surface area (Å²) in [7, 11) is 0. The molecule has 1 aromatic heterocycles. The molecule has 80 valence electrons. The van der Waals surface area contributed by atoms with Crippen LogP contribution in [0, 0.1) is 0 Å². The molecule has 0 aliphatic carbocycles. The lowest BCUT2D eigenvalue weighted by Crippen LogP contribution is -2.14. The molecule has 7 heteroatoms. The van der Waals surface area contributed by atoms with Gasteiger partial charge in [-0.15, -0.1) is 0 Å². The van der Waals surface area contributed by atoms with Gasteiger partial charge in [0.2, 0.25) is 11.0 Å². The van der Waals surface area contributed by atoms with Gasteiger partial charge in [0.05, 0.1) is 0 Å². The van der Waals surface area contributed by atoms with E-state index in [1.165, 1.54) is 0 Å². The maximum atomic E-state index is 12.1. The number of aromatic nitrogens is 2. The van der Waals surface area contributed by atoms with E-state index in [0.717, 1.165) is 18.0 Å². The standard InChI is InChI=1S/C7H10F3N3S/c1-3-4(2)11-6-12-5(13-14-6)7(8,9)10/h4H,3H2,1-2H3,(H,11,12,13). The molecule has 14 heavy (non-hydrogen) atoms. The number of rotatable bonds is 3. The highest BCUT2D eigenvalue weighted by Gasteiger charge is 2.36. The van der Waals surface area contributed by atoms with Gasteiger partial charge in [0.25, 0.3) is 0 Å². The Morgan fingerprint density at radius 1 is 1.50 bits per heavy atom. The zero-order valence-corrected chi connectivity index (χ0v) is 8.54. The van der Waals surface area contributed by atoms with Crippen molar-refractivity contribution >= 4 is 16.7 Å². The predicted molar refractivity (Wildman–Crippen MR) is 48.3 cm³/mol. The van der Waals surface area contributed by atoms with Crippen molar-refractivity contribution in [2.75, 3.05) is 5.32 Å². The molecule has 1 unspecified atom stereocenters. The molecular formula is C7H10F3N3S. The Balaban J connectivity index is 2.69. The van der Waals surface area contributed by atoms with Crippen molar-refractivity contribution in [3.63, 3.8) is 0 Å². The lowest BCUT2D eigenvalue weighted by Gasteiger charge is -2.08. The molecule has 0 saturated heterocycles. The first kappa shape index (κ1) is 11.2. The molecule has 0 aromatic carbocycles. The van der Waals surface area contributed by atoms with Gasteiger partial charge < -0.3 is 5.32 Å². The minimum absolute atomic E-state index is 0.101. The van der Waals surface area contributed by atoms with Crippen LogP contribution >= 0.6 is 11.5 Å². The molecule has 1 heterocycles. The molecule has 0 radical (unpaired) electrons. The Morgan fingerprint density at radius 3 is 2.57 bits per heavy atom. The van der Waals surface area contributed by atoms with Gasteiger partial charge in [-0.3, -0.25) is 0 Å². The van der Waals surface area contributed by atoms with Crippen LogP contribution in [-0.2, 0) is 6.18 Å². The number of anilines is 1. The quantitative estimate of drug-likeness (QED) is 0.859. The fraction of sp³-hybridized carbons (Fsp3) is 0.714. The first-order chi connectivity index (χ1) is 6.43. The Kier molecular flexibility index (Phi) is 3.30. The molecule has 0 saturated carbocycles. The van der Waals surface area contributed by atoms with Crippen LogP contribution < -0.4 is 5.32 Å². The molecule has 0 amide bonds. The average Bonchev–Trinajstić information content (AvgIpc) is 2.51. The highest BCUT2D eigenvalue weighted by molar-refractivity contribution is 7.09. The van der Waals surface area contributed by atoms with Gasteiger partial charge in [0.1, 0.15) is 0 Å². The van der Waals surface area contributed by atoms with Crippen LogP contribution in [-0.4, -0.2) is 15.4 Å². The van der Waals surface area contributed by atoms with Gasteiger partial charge in [-0.25, -0.2) is 0 Å². The highest BCUT2D eigenvalue weighted by atomic mass is 32.1. The van der Waals surface area contributed by atoms with Crippen molar-refractivity contribution in [1.82, 2.24) is 9.36 Å². The van der Waals surface area contributed by atoms with Crippen LogP contribution in [0.4, 0.5) is 18.3 Å². The number of alkyl halides is 3. The van der Waals surface area contributed by atoms with E-state index in [0.29, 0.717) is 0 Å². The second-order valence-electron chi connectivity index (χ2n) is 2.87. The summed E-state index contributed by atoms with van der Waals surface area (Å²) >= 11 is 0.728. The minimum Gasteiger partial charge on any atom is -0.358 e. The van der Waals surface area contributed by atoms with Gasteiger partial charge in [-0.1, -0.05) is 6.92 Å². The number of nitrogens with zero attached hydrogens (tertiary/aromatic N) is 2. The molecule has 1 atom stereocenters. The van der Waals surface area contributed by atoms with Gasteiger partial charge in [0, 0.05) is 17.6 Å². The Bertz CT molecular complexity index is 297. The normalized spacial score (nSPS) is 14.1. The van der Waals surface area contributed by atoms with Crippen LogP contribution in [0.25, 0.3) is 0 Å². The summed E-state index contributed by atoms with van der Waals surface area (Å²) in [6, 6.07) is 0.101. The van der Waals surface area contributed by atoms with Crippen molar-refractivity contribution in [1.29, 1.82) is 0 Å². The van der Waals surface area contributed by atoms with Crippen LogP contribution in [0.2, 0.25) is 0 Å². The van der Waals surface area contributed by atoms with Gasteiger partial charge in [-0.05, 0) is 13.3 Å². The molecular weight excluding hydrogens is 215 g/mol. The number of hydrogen-bond donors (Lipinski definition) is 1. The largest absolute Gasteiger partial charge is 0.452 e. The Hall–Kier alpha value is -0.850. The third kappa shape index (κ3) is 2.83. The zero-order valence-electron chi connectivity index (χ0n) is 7.72. The predicted octanol–water partition coefficient (Wildman–Crippen LogP) is 2.77. The maximum Gasteiger partial charge on any atom is 0.452 e. The second-order valence-corrected chi connectivity index (χ2v) is 3.63. The lowest BCUT2D eigenvalue weighted by atomic mass is 10.3. The van der Waals surface area contributed by atoms with Crippen LogP contribution in [0.5, 0.6) is 0 Å². The monoisotopic (exact) mass is 225 g/mol. The topological polar surface area (TPSA) is 37.8 Å². The number of nitrogens with one attached hydrogen (secondary N) is 1. The van der Waals surface area contributed by atoms with Gasteiger partial charge >= 0.3 is 6.18 Å². The van der Waals surface area contributed by atoms with Crippen molar-refractivity contribution in [2.24, 2.45) is 0 Å². The van der Waals surface area contributed by atoms with E-state index in [2.05, 4.69) is 14.7 Å². The fourth-order valence-electron chi connectivity index (χ4n) is 0.710. The summed E-state index contributed by atoms with van der Waals surface area (Å²) < 4.78 is 39.4. The third-order valence-electron chi connectivity index (χ3n) is 1.66. The number of hydrogen-bond acceptors (Lipinski definition) is 4. The van der Waals surface area contributed by atoms with E-state index < -0.39 is 12.0 Å². The van der Waals surface area contributed by atoms with E-state index in [9.17, 15) is 13.2 Å². The maximum absolute atomic E-state index is 12.1. The summed E-state index contributed by atoms with van der Waals surface area (Å²) in [5, 5.41) is 3.04. The van der Waals surface area contributed by atoms with Gasteiger partial charge in [0.15, 0.2) is 0 Å². The minimum atomic E-state index is -4.45. The fourth-order valence-corrected chi connectivity index (χ4v) is 1.41. The molecule has 1 aromatic rings. The summed E-state index contributed by atoms with van der Waals surface area (Å²) in [6.07, 6.45) is -3.63. The van der Waals surface area contributed by atoms with Crippen molar-refractivity contribution in [3.05, 3.63) is 5.82 Å². The summed E-state index contributed by atoms with van der Waals surface area (Å²) in [6.45, 7) is 3.80. The van der Waals surface area contributed by atoms with Crippen LogP contribution in [0.15, 0.2) is 0 Å². The molecule has 1 rings (SSSR count). The molecule has 0 aliphatic rings. The van der Waals surface area contributed by atoms with Crippen LogP contribution in [0.3, 0.4) is 0 Å². The van der Waals surface area contributed by atoms with Crippen molar-refractivity contribution in [2.45, 2.75) is 32.5 Å². The van der Waals surface area contributed by atoms with Crippen molar-refractivity contribution < 1.29 is 13.2 Å². The SMILES string of the molecule is CCC(C)Nc1nc(C(F)(F)F)ns1. The van der Waals surface area contributed by atoms with E-state index in [4.69, 9.17) is 0 Å². The van der Waals surface area contributed by atoms with E-state index in [1.54, 1.807) is 0 Å². The summed E-state index contributed by atoms with van der Waals surface area (Å²) in [5.41, 5.74) is 0. The molecule has 1 N–H and O–H groups in total. The molecule has 0 aliphatic heterocycles. The molecule has 3 nitrogen and oxygen atoms in total.